The molecule has 0 aliphatic carbocycles. The third-order valence-corrected chi connectivity index (χ3v) is 3.31. The highest BCUT2D eigenvalue weighted by Crippen LogP contribution is 2.16. The Hall–Kier alpha value is -2.67. The molecule has 112 valence electrons. The maximum Gasteiger partial charge on any atom is 0.280 e. The number of hydrogen-bond donors (Lipinski definition) is 1. The third kappa shape index (κ3) is 2.99. The van der Waals surface area contributed by atoms with Crippen LogP contribution in [0.1, 0.15) is 21.8 Å². The normalized spacial score (nSPS) is 10.6. The standard InChI is InChI=1S/C14H12ClN5O2/c1-9-7-11(18-22-9)16-14(21)12-13(15)20(19-17-12)8-10-5-3-2-4-6-10/h2-7H,8H2,1H3,(H,16,18,21). The summed E-state index contributed by atoms with van der Waals surface area (Å²) < 4.78 is 6.33. The average Bonchev–Trinajstić information content (AvgIpc) is 3.07. The van der Waals surface area contributed by atoms with Crippen molar-refractivity contribution in [3.63, 3.8) is 0 Å². The van der Waals surface area contributed by atoms with E-state index in [1.54, 1.807) is 13.0 Å². The Morgan fingerprint density at radius 3 is 2.82 bits per heavy atom. The molecule has 0 saturated heterocycles. The number of benzene rings is 1. The zero-order chi connectivity index (χ0) is 15.5. The molecule has 0 fully saturated rings. The number of carbonyl (C=O) groups is 1. The minimum atomic E-state index is -0.488. The minimum absolute atomic E-state index is 0.0400. The van der Waals surface area contributed by atoms with E-state index in [0.717, 1.165) is 5.56 Å². The van der Waals surface area contributed by atoms with E-state index < -0.39 is 5.91 Å². The molecular weight excluding hydrogens is 306 g/mol. The van der Waals surface area contributed by atoms with Crippen molar-refractivity contribution in [1.29, 1.82) is 0 Å². The molecule has 0 atom stereocenters. The second-order valence-corrected chi connectivity index (χ2v) is 5.01. The van der Waals surface area contributed by atoms with Gasteiger partial charge >= 0.3 is 0 Å². The lowest BCUT2D eigenvalue weighted by Crippen LogP contribution is -2.13. The van der Waals surface area contributed by atoms with E-state index in [2.05, 4.69) is 20.8 Å². The second kappa shape index (κ2) is 5.98. The Morgan fingerprint density at radius 2 is 2.14 bits per heavy atom. The monoisotopic (exact) mass is 317 g/mol. The van der Waals surface area contributed by atoms with Crippen LogP contribution in [0.4, 0.5) is 5.82 Å². The lowest BCUT2D eigenvalue weighted by molar-refractivity contribution is 0.102. The molecule has 0 aliphatic heterocycles. The Kier molecular flexibility index (Phi) is 3.88. The number of anilines is 1. The van der Waals surface area contributed by atoms with Crippen LogP contribution in [0.3, 0.4) is 0 Å². The van der Waals surface area contributed by atoms with Crippen molar-refractivity contribution in [2.75, 3.05) is 5.32 Å². The first kappa shape index (κ1) is 14.3. The van der Waals surface area contributed by atoms with Gasteiger partial charge in [-0.1, -0.05) is 52.3 Å². The lowest BCUT2D eigenvalue weighted by Gasteiger charge is -2.02. The summed E-state index contributed by atoms with van der Waals surface area (Å²) in [5, 5.41) is 14.1. The van der Waals surface area contributed by atoms with Crippen molar-refractivity contribution < 1.29 is 9.32 Å². The van der Waals surface area contributed by atoms with Crippen LogP contribution in [0.2, 0.25) is 5.15 Å². The van der Waals surface area contributed by atoms with Gasteiger partial charge in [0, 0.05) is 6.07 Å². The number of halogens is 1. The summed E-state index contributed by atoms with van der Waals surface area (Å²) in [5.41, 5.74) is 1.05. The molecule has 0 spiro atoms. The maximum absolute atomic E-state index is 12.1. The SMILES string of the molecule is Cc1cc(NC(=O)c2nnn(Cc3ccccc3)c2Cl)no1. The molecule has 2 heterocycles. The van der Waals surface area contributed by atoms with Crippen LogP contribution < -0.4 is 5.32 Å². The van der Waals surface area contributed by atoms with Crippen molar-refractivity contribution >= 4 is 23.3 Å². The van der Waals surface area contributed by atoms with E-state index >= 15 is 0 Å². The van der Waals surface area contributed by atoms with Crippen LogP contribution in [0.25, 0.3) is 0 Å². The number of hydrogen-bond acceptors (Lipinski definition) is 5. The Balaban J connectivity index is 1.76. The van der Waals surface area contributed by atoms with Gasteiger partial charge < -0.3 is 9.84 Å². The summed E-state index contributed by atoms with van der Waals surface area (Å²) in [6.07, 6.45) is 0. The average molecular weight is 318 g/mol. The van der Waals surface area contributed by atoms with Gasteiger partial charge in [0.05, 0.1) is 6.54 Å². The van der Waals surface area contributed by atoms with Crippen LogP contribution >= 0.6 is 11.6 Å². The van der Waals surface area contributed by atoms with E-state index in [4.69, 9.17) is 16.1 Å². The van der Waals surface area contributed by atoms with Crippen molar-refractivity contribution in [2.24, 2.45) is 0 Å². The highest BCUT2D eigenvalue weighted by atomic mass is 35.5. The first-order valence-electron chi connectivity index (χ1n) is 6.51. The number of nitrogens with one attached hydrogen (secondary N) is 1. The summed E-state index contributed by atoms with van der Waals surface area (Å²) in [6, 6.07) is 11.2. The Labute approximate surface area is 130 Å². The lowest BCUT2D eigenvalue weighted by atomic mass is 10.2. The second-order valence-electron chi connectivity index (χ2n) is 4.65. The minimum Gasteiger partial charge on any atom is -0.360 e. The molecule has 0 aliphatic rings. The molecule has 2 aromatic heterocycles. The fourth-order valence-corrected chi connectivity index (χ4v) is 2.12. The van der Waals surface area contributed by atoms with Crippen molar-refractivity contribution in [3.8, 4) is 0 Å². The summed E-state index contributed by atoms with van der Waals surface area (Å²) in [4.78, 5) is 12.1. The molecule has 1 N–H and O–H groups in total. The topological polar surface area (TPSA) is 85.8 Å². The molecular formula is C14H12ClN5O2. The van der Waals surface area contributed by atoms with Crippen LogP contribution in [0, 0.1) is 6.92 Å². The molecule has 1 aromatic carbocycles. The number of amides is 1. The predicted octanol–water partition coefficient (Wildman–Crippen LogP) is 2.53. The van der Waals surface area contributed by atoms with E-state index in [9.17, 15) is 4.79 Å². The molecule has 3 aromatic rings. The summed E-state index contributed by atoms with van der Waals surface area (Å²) in [6.45, 7) is 2.16. The third-order valence-electron chi connectivity index (χ3n) is 2.93. The number of aromatic nitrogens is 4. The molecule has 0 unspecified atom stereocenters. The van der Waals surface area contributed by atoms with Gasteiger partial charge in [0.2, 0.25) is 0 Å². The molecule has 7 nitrogen and oxygen atoms in total. The number of rotatable bonds is 4. The fraction of sp³-hybridized carbons (Fsp3) is 0.143. The molecule has 3 rings (SSSR count). The van der Waals surface area contributed by atoms with Crippen molar-refractivity contribution in [2.45, 2.75) is 13.5 Å². The van der Waals surface area contributed by atoms with Gasteiger partial charge in [-0.15, -0.1) is 5.10 Å². The van der Waals surface area contributed by atoms with Crippen LogP contribution in [0.5, 0.6) is 0 Å². The first-order chi connectivity index (χ1) is 10.6. The fourth-order valence-electron chi connectivity index (χ4n) is 1.90. The molecule has 22 heavy (non-hydrogen) atoms. The van der Waals surface area contributed by atoms with Gasteiger partial charge in [-0.25, -0.2) is 4.68 Å². The summed E-state index contributed by atoms with van der Waals surface area (Å²) >= 11 is 6.17. The Bertz CT molecular complexity index is 797. The van der Waals surface area contributed by atoms with Crippen molar-refractivity contribution in [1.82, 2.24) is 20.2 Å². The predicted molar refractivity (Wildman–Crippen MR) is 79.8 cm³/mol. The number of nitrogens with zero attached hydrogens (tertiary/aromatic N) is 4. The van der Waals surface area contributed by atoms with Crippen LogP contribution in [0.15, 0.2) is 40.9 Å². The quantitative estimate of drug-likeness (QED) is 0.799. The van der Waals surface area contributed by atoms with E-state index in [-0.39, 0.29) is 10.8 Å². The van der Waals surface area contributed by atoms with Gasteiger partial charge in [-0.3, -0.25) is 4.79 Å². The Morgan fingerprint density at radius 1 is 1.36 bits per heavy atom. The highest BCUT2D eigenvalue weighted by molar-refractivity contribution is 6.33. The van der Waals surface area contributed by atoms with Crippen molar-refractivity contribution in [3.05, 3.63) is 58.6 Å². The smallest absolute Gasteiger partial charge is 0.280 e. The molecule has 8 heteroatoms. The van der Waals surface area contributed by atoms with E-state index in [1.165, 1.54) is 4.68 Å². The van der Waals surface area contributed by atoms with E-state index in [0.29, 0.717) is 18.1 Å². The number of carbonyl (C=O) groups excluding carboxylic acids is 1. The van der Waals surface area contributed by atoms with Crippen LogP contribution in [-0.4, -0.2) is 26.1 Å². The van der Waals surface area contributed by atoms with Crippen LogP contribution in [-0.2, 0) is 6.54 Å². The molecule has 1 amide bonds. The van der Waals surface area contributed by atoms with Gasteiger partial charge in [-0.2, -0.15) is 0 Å². The summed E-state index contributed by atoms with van der Waals surface area (Å²) in [7, 11) is 0. The maximum atomic E-state index is 12.1. The van der Waals surface area contributed by atoms with Gasteiger partial charge in [-0.05, 0) is 12.5 Å². The first-order valence-corrected chi connectivity index (χ1v) is 6.89. The summed E-state index contributed by atoms with van der Waals surface area (Å²) in [5.74, 6) is 0.405. The largest absolute Gasteiger partial charge is 0.360 e. The molecule has 0 bridgehead atoms. The van der Waals surface area contributed by atoms with Gasteiger partial charge in [0.1, 0.15) is 5.76 Å². The molecule has 0 saturated carbocycles. The van der Waals surface area contributed by atoms with E-state index in [1.807, 2.05) is 30.3 Å². The number of aryl methyl sites for hydroxylation is 1. The zero-order valence-corrected chi connectivity index (χ0v) is 12.4. The molecule has 0 radical (unpaired) electrons. The zero-order valence-electron chi connectivity index (χ0n) is 11.7. The van der Waals surface area contributed by atoms with Gasteiger partial charge in [0.25, 0.3) is 5.91 Å². The van der Waals surface area contributed by atoms with Gasteiger partial charge in [0.15, 0.2) is 16.7 Å². The highest BCUT2D eigenvalue weighted by Gasteiger charge is 2.19.